The predicted molar refractivity (Wildman–Crippen MR) is 103 cm³/mol. The molecule has 2 heteroatoms. The molecule has 130 valence electrons. The summed E-state index contributed by atoms with van der Waals surface area (Å²) in [6.07, 6.45) is 4.19. The zero-order chi connectivity index (χ0) is 17.6. The normalized spacial score (nSPS) is 18.7. The van der Waals surface area contributed by atoms with E-state index in [0.29, 0.717) is 5.92 Å². The van der Waals surface area contributed by atoms with Crippen molar-refractivity contribution in [3.63, 3.8) is 0 Å². The third kappa shape index (κ3) is 4.01. The van der Waals surface area contributed by atoms with Crippen molar-refractivity contribution >= 4 is 5.78 Å². The minimum absolute atomic E-state index is 0.182. The summed E-state index contributed by atoms with van der Waals surface area (Å²) in [4.78, 5) is 13.1. The van der Waals surface area contributed by atoms with Crippen molar-refractivity contribution < 1.29 is 4.79 Å². The second-order valence-corrected chi connectivity index (χ2v) is 6.86. The van der Waals surface area contributed by atoms with Crippen molar-refractivity contribution in [3.8, 4) is 0 Å². The molecule has 0 radical (unpaired) electrons. The fourth-order valence-corrected chi connectivity index (χ4v) is 3.72. The monoisotopic (exact) mass is 333 g/mol. The molecule has 1 aliphatic carbocycles. The summed E-state index contributed by atoms with van der Waals surface area (Å²) in [5, 5.41) is 3.70. The summed E-state index contributed by atoms with van der Waals surface area (Å²) in [5.41, 5.74) is 4.19. The van der Waals surface area contributed by atoms with E-state index in [1.54, 1.807) is 0 Å². The number of ketones is 1. The lowest BCUT2D eigenvalue weighted by molar-refractivity contribution is 0.102. The fraction of sp³-hybridized carbons (Fsp3) is 0.348. The van der Waals surface area contributed by atoms with Gasteiger partial charge in [-0.2, -0.15) is 0 Å². The molecule has 0 aromatic heterocycles. The molecule has 0 saturated heterocycles. The highest BCUT2D eigenvalue weighted by molar-refractivity contribution is 6.09. The first kappa shape index (κ1) is 17.5. The highest BCUT2D eigenvalue weighted by atomic mass is 16.1. The predicted octanol–water partition coefficient (Wildman–Crippen LogP) is 5.68. The van der Waals surface area contributed by atoms with Crippen molar-refractivity contribution in [2.75, 3.05) is 0 Å². The Morgan fingerprint density at radius 3 is 2.36 bits per heavy atom. The molecule has 0 amide bonds. The van der Waals surface area contributed by atoms with Crippen LogP contribution in [0, 0.1) is 5.92 Å². The van der Waals surface area contributed by atoms with Gasteiger partial charge in [0.15, 0.2) is 5.78 Å². The first-order chi connectivity index (χ1) is 12.2. The third-order valence-electron chi connectivity index (χ3n) is 5.19. The Bertz CT molecular complexity index is 733. The maximum Gasteiger partial charge on any atom is 0.190 e. The Balaban J connectivity index is 1.93. The smallest absolute Gasteiger partial charge is 0.190 e. The lowest BCUT2D eigenvalue weighted by Crippen LogP contribution is -2.29. The minimum atomic E-state index is 0.182. The molecule has 2 aromatic carbocycles. The van der Waals surface area contributed by atoms with Gasteiger partial charge in [-0.05, 0) is 44.1 Å². The van der Waals surface area contributed by atoms with Crippen molar-refractivity contribution in [1.82, 2.24) is 5.32 Å². The molecular weight excluding hydrogens is 306 g/mol. The number of nitrogens with one attached hydrogen (secondary N) is 1. The third-order valence-corrected chi connectivity index (χ3v) is 5.19. The van der Waals surface area contributed by atoms with Crippen molar-refractivity contribution in [1.29, 1.82) is 0 Å². The molecule has 25 heavy (non-hydrogen) atoms. The van der Waals surface area contributed by atoms with Crippen LogP contribution in [-0.4, -0.2) is 5.78 Å². The van der Waals surface area contributed by atoms with Gasteiger partial charge >= 0.3 is 0 Å². The summed E-state index contributed by atoms with van der Waals surface area (Å²) in [5.74, 6) is 0.629. The zero-order valence-corrected chi connectivity index (χ0v) is 15.2. The molecule has 2 atom stereocenters. The molecule has 3 rings (SSSR count). The number of benzene rings is 2. The zero-order valence-electron chi connectivity index (χ0n) is 15.2. The molecule has 1 N–H and O–H groups in total. The molecule has 0 fully saturated rings. The Hall–Kier alpha value is -2.35. The topological polar surface area (TPSA) is 29.1 Å². The lowest BCUT2D eigenvalue weighted by Gasteiger charge is -2.31. The number of carbonyl (C=O) groups is 1. The summed E-state index contributed by atoms with van der Waals surface area (Å²) in [6.45, 7) is 4.39. The van der Waals surface area contributed by atoms with Crippen LogP contribution in [0.15, 0.2) is 71.9 Å². The highest BCUT2D eigenvalue weighted by Crippen LogP contribution is 2.34. The van der Waals surface area contributed by atoms with Gasteiger partial charge in [-0.15, -0.1) is 0 Å². The van der Waals surface area contributed by atoms with Crippen LogP contribution in [0.2, 0.25) is 0 Å². The molecule has 0 saturated carbocycles. The van der Waals surface area contributed by atoms with Gasteiger partial charge in [0.2, 0.25) is 0 Å². The SMILES string of the molecule is CC[C@@H]1CCCC(C(=O)c2ccccc2)=C1N[C@H](C)c1ccccc1. The second-order valence-electron chi connectivity index (χ2n) is 6.86. The van der Waals surface area contributed by atoms with E-state index in [9.17, 15) is 4.79 Å². The number of allylic oxidation sites excluding steroid dienone is 2. The summed E-state index contributed by atoms with van der Waals surface area (Å²) < 4.78 is 0. The van der Waals surface area contributed by atoms with Gasteiger partial charge in [-0.3, -0.25) is 4.79 Å². The van der Waals surface area contributed by atoms with Crippen molar-refractivity contribution in [2.45, 2.75) is 45.6 Å². The number of Topliss-reactive ketones (excluding diaryl/α,β-unsaturated/α-hetero) is 1. The van der Waals surface area contributed by atoms with Crippen molar-refractivity contribution in [3.05, 3.63) is 83.1 Å². The quantitative estimate of drug-likeness (QED) is 0.689. The molecule has 0 aliphatic heterocycles. The van der Waals surface area contributed by atoms with E-state index < -0.39 is 0 Å². The van der Waals surface area contributed by atoms with Gasteiger partial charge in [0, 0.05) is 22.9 Å². The van der Waals surface area contributed by atoms with Gasteiger partial charge in [0.25, 0.3) is 0 Å². The van der Waals surface area contributed by atoms with E-state index in [1.807, 2.05) is 36.4 Å². The van der Waals surface area contributed by atoms with Crippen LogP contribution in [0.25, 0.3) is 0 Å². The van der Waals surface area contributed by atoms with E-state index in [-0.39, 0.29) is 11.8 Å². The van der Waals surface area contributed by atoms with Gasteiger partial charge in [-0.1, -0.05) is 67.6 Å². The maximum atomic E-state index is 13.1. The van der Waals surface area contributed by atoms with Gasteiger partial charge in [-0.25, -0.2) is 0 Å². The Morgan fingerprint density at radius 1 is 1.08 bits per heavy atom. The van der Waals surface area contributed by atoms with Crippen LogP contribution in [0.1, 0.15) is 61.5 Å². The van der Waals surface area contributed by atoms with Crippen LogP contribution < -0.4 is 5.32 Å². The number of carbonyl (C=O) groups excluding carboxylic acids is 1. The first-order valence-electron chi connectivity index (χ1n) is 9.35. The molecule has 2 aromatic rings. The summed E-state index contributed by atoms with van der Waals surface area (Å²) in [6, 6.07) is 20.3. The molecule has 0 bridgehead atoms. The van der Waals surface area contributed by atoms with Crippen LogP contribution in [-0.2, 0) is 0 Å². The van der Waals surface area contributed by atoms with Crippen LogP contribution in [0.4, 0.5) is 0 Å². The van der Waals surface area contributed by atoms with E-state index in [1.165, 1.54) is 11.3 Å². The van der Waals surface area contributed by atoms with Gasteiger partial charge < -0.3 is 5.32 Å². The average molecular weight is 333 g/mol. The van der Waals surface area contributed by atoms with Gasteiger partial charge in [0.1, 0.15) is 0 Å². The first-order valence-corrected chi connectivity index (χ1v) is 9.35. The molecule has 1 aliphatic rings. The average Bonchev–Trinajstić information content (AvgIpc) is 2.69. The summed E-state index contributed by atoms with van der Waals surface area (Å²) in [7, 11) is 0. The Labute approximate surface area is 151 Å². The largest absolute Gasteiger partial charge is 0.381 e. The van der Waals surface area contributed by atoms with Crippen LogP contribution in [0.3, 0.4) is 0 Å². The lowest BCUT2D eigenvalue weighted by atomic mass is 9.82. The second kappa shape index (κ2) is 8.15. The molecule has 0 unspecified atom stereocenters. The number of rotatable bonds is 6. The van der Waals surface area contributed by atoms with E-state index >= 15 is 0 Å². The maximum absolute atomic E-state index is 13.1. The summed E-state index contributed by atoms with van der Waals surface area (Å²) >= 11 is 0. The molecular formula is C23H27NO. The highest BCUT2D eigenvalue weighted by Gasteiger charge is 2.27. The minimum Gasteiger partial charge on any atom is -0.381 e. The van der Waals surface area contributed by atoms with Crippen molar-refractivity contribution in [2.24, 2.45) is 5.92 Å². The van der Waals surface area contributed by atoms with E-state index in [4.69, 9.17) is 0 Å². The fourth-order valence-electron chi connectivity index (χ4n) is 3.72. The molecule has 0 heterocycles. The number of hydrogen-bond acceptors (Lipinski definition) is 2. The molecule has 2 nitrogen and oxygen atoms in total. The Morgan fingerprint density at radius 2 is 1.72 bits per heavy atom. The van der Waals surface area contributed by atoms with Crippen LogP contribution in [0.5, 0.6) is 0 Å². The van der Waals surface area contributed by atoms with Crippen LogP contribution >= 0.6 is 0 Å². The van der Waals surface area contributed by atoms with E-state index in [2.05, 4.69) is 43.4 Å². The number of hydrogen-bond donors (Lipinski definition) is 1. The molecule has 0 spiro atoms. The Kier molecular flexibility index (Phi) is 5.70. The van der Waals surface area contributed by atoms with E-state index in [0.717, 1.165) is 36.8 Å². The van der Waals surface area contributed by atoms with Gasteiger partial charge in [0.05, 0.1) is 0 Å². The standard InChI is InChI=1S/C23H27NO/c1-3-18-15-10-16-21(23(25)20-13-8-5-9-14-20)22(18)24-17(2)19-11-6-4-7-12-19/h4-9,11-14,17-18,24H,3,10,15-16H2,1-2H3/t17-,18-/m1/s1.